The predicted octanol–water partition coefficient (Wildman–Crippen LogP) is 4.08. The number of ether oxygens (including phenoxy) is 3. The summed E-state index contributed by atoms with van der Waals surface area (Å²) in [6.07, 6.45) is -0.639. The van der Waals surface area contributed by atoms with Crippen molar-refractivity contribution in [1.82, 2.24) is 0 Å². The highest BCUT2D eigenvalue weighted by Gasteiger charge is 2.42. The Morgan fingerprint density at radius 1 is 1.12 bits per heavy atom. The van der Waals surface area contributed by atoms with Crippen molar-refractivity contribution in [2.45, 2.75) is 46.0 Å². The molecule has 0 aromatic heterocycles. The van der Waals surface area contributed by atoms with Crippen LogP contribution >= 0.6 is 0 Å². The maximum Gasteiger partial charge on any atom is 0.419 e. The number of fused-ring (bicyclic) bond motifs is 1. The molecule has 0 bridgehead atoms. The summed E-state index contributed by atoms with van der Waals surface area (Å²) in [4.78, 5) is 26.7. The fourth-order valence-electron chi connectivity index (χ4n) is 2.39. The standard InChI is InChI=1S/C18H25NO5Si/c1-18(2,3)24-17(21)19-12-10-8-9-11-13(12)23-16(25(5,6)7)14(19)15(20)22-4/h8-11H,1-7H3. The van der Waals surface area contributed by atoms with Crippen LogP contribution in [-0.2, 0) is 14.3 Å². The first-order valence-corrected chi connectivity index (χ1v) is 11.6. The number of benzene rings is 1. The number of amides is 1. The molecule has 0 fully saturated rings. The summed E-state index contributed by atoms with van der Waals surface area (Å²) < 4.78 is 16.5. The Morgan fingerprint density at radius 3 is 2.24 bits per heavy atom. The van der Waals surface area contributed by atoms with Crippen LogP contribution in [0.15, 0.2) is 35.3 Å². The second-order valence-corrected chi connectivity index (χ2v) is 12.8. The van der Waals surface area contributed by atoms with E-state index in [9.17, 15) is 9.59 Å². The molecule has 2 rings (SSSR count). The second kappa shape index (κ2) is 6.55. The Bertz CT molecular complexity index is 728. The third-order valence-electron chi connectivity index (χ3n) is 3.39. The molecule has 0 aliphatic carbocycles. The largest absolute Gasteiger partial charge is 0.464 e. The lowest BCUT2D eigenvalue weighted by molar-refractivity contribution is -0.136. The van der Waals surface area contributed by atoms with Crippen LogP contribution in [0.25, 0.3) is 0 Å². The first-order chi connectivity index (χ1) is 11.5. The number of esters is 1. The average Bonchev–Trinajstić information content (AvgIpc) is 2.49. The number of hydrogen-bond acceptors (Lipinski definition) is 5. The van der Waals surface area contributed by atoms with Gasteiger partial charge in [-0.25, -0.2) is 14.5 Å². The number of anilines is 1. The molecule has 0 saturated carbocycles. The summed E-state index contributed by atoms with van der Waals surface area (Å²) in [6.45, 7) is 11.4. The molecule has 0 radical (unpaired) electrons. The van der Waals surface area contributed by atoms with Crippen molar-refractivity contribution in [1.29, 1.82) is 0 Å². The van der Waals surface area contributed by atoms with Crippen LogP contribution in [0.5, 0.6) is 5.75 Å². The van der Waals surface area contributed by atoms with E-state index in [0.717, 1.165) is 0 Å². The Kier molecular flexibility index (Phi) is 4.99. The van der Waals surface area contributed by atoms with E-state index in [1.54, 1.807) is 39.0 Å². The molecular formula is C18H25NO5Si. The van der Waals surface area contributed by atoms with Gasteiger partial charge in [0, 0.05) is 0 Å². The molecule has 7 heteroatoms. The van der Waals surface area contributed by atoms with E-state index in [4.69, 9.17) is 14.2 Å². The van der Waals surface area contributed by atoms with Crippen LogP contribution in [0, 0.1) is 0 Å². The molecule has 0 unspecified atom stereocenters. The van der Waals surface area contributed by atoms with Gasteiger partial charge in [0.1, 0.15) is 19.1 Å². The zero-order valence-corrected chi connectivity index (χ0v) is 16.8. The molecule has 1 aromatic carbocycles. The van der Waals surface area contributed by atoms with E-state index in [1.165, 1.54) is 12.0 Å². The summed E-state index contributed by atoms with van der Waals surface area (Å²) in [5.41, 5.74) is -0.154. The van der Waals surface area contributed by atoms with Crippen molar-refractivity contribution in [2.24, 2.45) is 0 Å². The van der Waals surface area contributed by atoms with Crippen LogP contribution in [-0.4, -0.2) is 32.8 Å². The molecule has 0 spiro atoms. The summed E-state index contributed by atoms with van der Waals surface area (Å²) in [6, 6.07) is 7.06. The molecule has 1 aromatic rings. The van der Waals surface area contributed by atoms with Crippen LogP contribution in [0.3, 0.4) is 0 Å². The number of carbonyl (C=O) groups is 2. The molecule has 25 heavy (non-hydrogen) atoms. The minimum atomic E-state index is -2.11. The monoisotopic (exact) mass is 363 g/mol. The molecule has 1 aliphatic rings. The molecule has 0 atom stereocenters. The lowest BCUT2D eigenvalue weighted by Crippen LogP contribution is -2.45. The molecule has 136 valence electrons. The molecule has 1 heterocycles. The van der Waals surface area contributed by atoms with E-state index in [0.29, 0.717) is 16.8 Å². The molecule has 0 N–H and O–H groups in total. The summed E-state index contributed by atoms with van der Waals surface area (Å²) in [5, 5.41) is 0.490. The van der Waals surface area contributed by atoms with Gasteiger partial charge in [0.05, 0.1) is 12.8 Å². The van der Waals surface area contributed by atoms with Gasteiger partial charge in [-0.05, 0) is 32.9 Å². The van der Waals surface area contributed by atoms with E-state index in [-0.39, 0.29) is 5.70 Å². The highest BCUT2D eigenvalue weighted by atomic mass is 28.3. The number of methoxy groups -OCH3 is 1. The molecular weight excluding hydrogens is 338 g/mol. The Labute approximate surface area is 149 Å². The van der Waals surface area contributed by atoms with E-state index in [2.05, 4.69) is 0 Å². The van der Waals surface area contributed by atoms with Gasteiger partial charge in [-0.1, -0.05) is 31.8 Å². The molecule has 6 nitrogen and oxygen atoms in total. The lowest BCUT2D eigenvalue weighted by Gasteiger charge is -2.36. The number of carbonyl (C=O) groups excluding carboxylic acids is 2. The third-order valence-corrected chi connectivity index (χ3v) is 5.09. The molecule has 0 saturated heterocycles. The van der Waals surface area contributed by atoms with Gasteiger partial charge < -0.3 is 14.2 Å². The van der Waals surface area contributed by atoms with Gasteiger partial charge in [0.25, 0.3) is 0 Å². The van der Waals surface area contributed by atoms with E-state index < -0.39 is 25.7 Å². The average molecular weight is 363 g/mol. The van der Waals surface area contributed by atoms with Crippen molar-refractivity contribution in [3.05, 3.63) is 35.3 Å². The van der Waals surface area contributed by atoms with Gasteiger partial charge in [0.2, 0.25) is 0 Å². The maximum atomic E-state index is 12.9. The minimum absolute atomic E-state index is 0.0922. The highest BCUT2D eigenvalue weighted by molar-refractivity contribution is 6.83. The van der Waals surface area contributed by atoms with Crippen molar-refractivity contribution >= 4 is 25.8 Å². The van der Waals surface area contributed by atoms with E-state index >= 15 is 0 Å². The van der Waals surface area contributed by atoms with Crippen LogP contribution in [0.1, 0.15) is 20.8 Å². The van der Waals surface area contributed by atoms with E-state index in [1.807, 2.05) is 25.7 Å². The number of para-hydroxylation sites is 2. The van der Waals surface area contributed by atoms with Crippen molar-refractivity contribution < 1.29 is 23.8 Å². The van der Waals surface area contributed by atoms with Crippen molar-refractivity contribution in [3.8, 4) is 5.75 Å². The quantitative estimate of drug-likeness (QED) is 0.585. The predicted molar refractivity (Wildman–Crippen MR) is 98.2 cm³/mol. The third kappa shape index (κ3) is 4.04. The number of rotatable bonds is 2. The van der Waals surface area contributed by atoms with Gasteiger partial charge in [-0.2, -0.15) is 0 Å². The van der Waals surface area contributed by atoms with Gasteiger partial charge in [0.15, 0.2) is 11.4 Å². The first-order valence-electron chi connectivity index (χ1n) is 8.09. The zero-order valence-electron chi connectivity index (χ0n) is 15.8. The van der Waals surface area contributed by atoms with Gasteiger partial charge in [-0.15, -0.1) is 0 Å². The molecule has 1 amide bonds. The van der Waals surface area contributed by atoms with Gasteiger partial charge in [-0.3, -0.25) is 0 Å². The Morgan fingerprint density at radius 2 is 1.72 bits per heavy atom. The van der Waals surface area contributed by atoms with Crippen molar-refractivity contribution in [2.75, 3.05) is 12.0 Å². The van der Waals surface area contributed by atoms with Crippen molar-refractivity contribution in [3.63, 3.8) is 0 Å². The number of nitrogens with zero attached hydrogens (tertiary/aromatic N) is 1. The SMILES string of the molecule is COC(=O)C1=C([Si](C)(C)C)Oc2ccccc2N1C(=O)OC(C)(C)C. The molecule has 1 aliphatic heterocycles. The van der Waals surface area contributed by atoms with Crippen LogP contribution in [0.4, 0.5) is 10.5 Å². The van der Waals surface area contributed by atoms with Gasteiger partial charge >= 0.3 is 12.1 Å². The first kappa shape index (κ1) is 19.0. The zero-order chi connectivity index (χ0) is 19.0. The number of hydrogen-bond donors (Lipinski definition) is 0. The fourth-order valence-corrected chi connectivity index (χ4v) is 3.74. The van der Waals surface area contributed by atoms with Crippen LogP contribution < -0.4 is 9.64 Å². The summed E-state index contributed by atoms with van der Waals surface area (Å²) in [7, 11) is -0.823. The smallest absolute Gasteiger partial charge is 0.419 e. The summed E-state index contributed by atoms with van der Waals surface area (Å²) >= 11 is 0. The lowest BCUT2D eigenvalue weighted by atomic mass is 10.2. The normalized spacial score (nSPS) is 14.6. The Hall–Kier alpha value is -2.28. The maximum absolute atomic E-state index is 12.9. The fraction of sp³-hybridized carbons (Fsp3) is 0.444. The topological polar surface area (TPSA) is 65.1 Å². The van der Waals surface area contributed by atoms with Crippen LogP contribution in [0.2, 0.25) is 19.6 Å². The highest BCUT2D eigenvalue weighted by Crippen LogP contribution is 2.41. The minimum Gasteiger partial charge on any atom is -0.464 e. The summed E-state index contributed by atoms with van der Waals surface area (Å²) in [5.74, 6) is -0.115. The Balaban J connectivity index is 2.69. The second-order valence-electron chi connectivity index (χ2n) is 7.80.